The summed E-state index contributed by atoms with van der Waals surface area (Å²) in [6, 6.07) is 3.55. The monoisotopic (exact) mass is 278 g/mol. The molecule has 1 amide bonds. The van der Waals surface area contributed by atoms with Crippen molar-refractivity contribution in [2.45, 2.75) is 0 Å². The number of aryl methyl sites for hydroxylation is 1. The molecule has 0 aliphatic heterocycles. The van der Waals surface area contributed by atoms with E-state index in [0.717, 1.165) is 0 Å². The molecule has 12 heavy (non-hydrogen) atoms. The van der Waals surface area contributed by atoms with Gasteiger partial charge in [0.25, 0.3) is 5.91 Å². The first kappa shape index (κ1) is 11.4. The Bertz CT molecular complexity index is 258. The maximum Gasteiger partial charge on any atom is 0.251 e. The summed E-state index contributed by atoms with van der Waals surface area (Å²) in [4.78, 5) is 11.0. The smallest absolute Gasteiger partial charge is 0.251 e. The average Bonchev–Trinajstić information content (AvgIpc) is 2.05. The number of carbonyl (C=O) groups excluding carboxylic acids is 1. The molecule has 1 rings (SSSR count). The van der Waals surface area contributed by atoms with Crippen LogP contribution in [0.5, 0.6) is 0 Å². The molecule has 0 spiro atoms. The molecule has 0 saturated carbocycles. The third-order valence-electron chi connectivity index (χ3n) is 1.47. The topological polar surface area (TPSA) is 33.0 Å². The average molecular weight is 278 g/mol. The summed E-state index contributed by atoms with van der Waals surface area (Å²) in [5.41, 5.74) is 0.686. The van der Waals surface area contributed by atoms with Crippen LogP contribution < -0.4 is 33.9 Å². The van der Waals surface area contributed by atoms with Gasteiger partial charge in [0.05, 0.1) is 5.56 Å². The Morgan fingerprint density at radius 1 is 1.42 bits per heavy atom. The van der Waals surface area contributed by atoms with Crippen LogP contribution in [-0.2, 0) is 7.05 Å². The molecule has 0 aliphatic rings. The minimum Gasteiger partial charge on any atom is -1.00 e. The first-order valence-electron chi connectivity index (χ1n) is 3.41. The molecule has 0 fully saturated rings. The summed E-state index contributed by atoms with van der Waals surface area (Å²) < 4.78 is 1.88. The lowest BCUT2D eigenvalue weighted by Gasteiger charge is -1.95. The van der Waals surface area contributed by atoms with Crippen LogP contribution in [0, 0.1) is 0 Å². The Labute approximate surface area is 88.8 Å². The van der Waals surface area contributed by atoms with Crippen molar-refractivity contribution in [2.75, 3.05) is 7.05 Å². The van der Waals surface area contributed by atoms with Crippen molar-refractivity contribution in [3.05, 3.63) is 30.1 Å². The maximum absolute atomic E-state index is 11.0. The fourth-order valence-corrected chi connectivity index (χ4v) is 0.797. The molecule has 4 heteroatoms. The minimum atomic E-state index is -0.0504. The largest absolute Gasteiger partial charge is 1.00 e. The van der Waals surface area contributed by atoms with Crippen LogP contribution in [0.15, 0.2) is 24.5 Å². The Morgan fingerprint density at radius 2 is 1.92 bits per heavy atom. The van der Waals surface area contributed by atoms with Crippen LogP contribution in [0.25, 0.3) is 0 Å². The van der Waals surface area contributed by atoms with Gasteiger partial charge in [-0.15, -0.1) is 0 Å². The van der Waals surface area contributed by atoms with E-state index in [1.165, 1.54) is 0 Å². The van der Waals surface area contributed by atoms with Gasteiger partial charge in [-0.2, -0.15) is 0 Å². The highest BCUT2D eigenvalue weighted by molar-refractivity contribution is 5.93. The van der Waals surface area contributed by atoms with Crippen molar-refractivity contribution in [1.82, 2.24) is 5.32 Å². The Balaban J connectivity index is 0.00000121. The summed E-state index contributed by atoms with van der Waals surface area (Å²) in [5.74, 6) is -0.0504. The van der Waals surface area contributed by atoms with E-state index in [4.69, 9.17) is 0 Å². The molecule has 3 nitrogen and oxygen atoms in total. The van der Waals surface area contributed by atoms with Crippen molar-refractivity contribution in [3.63, 3.8) is 0 Å². The highest BCUT2D eigenvalue weighted by Crippen LogP contribution is 1.92. The van der Waals surface area contributed by atoms with Crippen molar-refractivity contribution < 1.29 is 33.3 Å². The molecule has 0 saturated heterocycles. The van der Waals surface area contributed by atoms with Gasteiger partial charge < -0.3 is 29.3 Å². The van der Waals surface area contributed by atoms with Crippen molar-refractivity contribution in [1.29, 1.82) is 0 Å². The Kier molecular flexibility index (Phi) is 4.80. The van der Waals surface area contributed by atoms with Gasteiger partial charge in [-0.1, -0.05) is 0 Å². The number of nitrogens with one attached hydrogen (secondary N) is 1. The predicted octanol–water partition coefficient (Wildman–Crippen LogP) is -3.13. The predicted molar refractivity (Wildman–Crippen MR) is 41.0 cm³/mol. The highest BCUT2D eigenvalue weighted by Gasteiger charge is 2.02. The number of rotatable bonds is 1. The first-order chi connectivity index (χ1) is 5.24. The fourth-order valence-electron chi connectivity index (χ4n) is 0.797. The summed E-state index contributed by atoms with van der Waals surface area (Å²) >= 11 is 0. The SMILES string of the molecule is CNC(=O)c1cc[n+](C)cc1.[I-]. The van der Waals surface area contributed by atoms with E-state index < -0.39 is 0 Å². The number of nitrogens with zero attached hydrogens (tertiary/aromatic N) is 1. The minimum absolute atomic E-state index is 0. The van der Waals surface area contributed by atoms with E-state index >= 15 is 0 Å². The van der Waals surface area contributed by atoms with Gasteiger partial charge in [0.15, 0.2) is 12.4 Å². The van der Waals surface area contributed by atoms with Crippen LogP contribution in [0.1, 0.15) is 10.4 Å². The van der Waals surface area contributed by atoms with Gasteiger partial charge in [0.1, 0.15) is 7.05 Å². The molecule has 66 valence electrons. The number of amides is 1. The highest BCUT2D eigenvalue weighted by atomic mass is 127. The molecule has 1 aromatic heterocycles. The van der Waals surface area contributed by atoms with Gasteiger partial charge in [0, 0.05) is 19.2 Å². The number of halogens is 1. The van der Waals surface area contributed by atoms with Crippen molar-refractivity contribution in [2.24, 2.45) is 7.05 Å². The lowest BCUT2D eigenvalue weighted by atomic mass is 10.2. The van der Waals surface area contributed by atoms with Gasteiger partial charge >= 0.3 is 0 Å². The molecule has 0 unspecified atom stereocenters. The maximum atomic E-state index is 11.0. The molecule has 0 aliphatic carbocycles. The van der Waals surface area contributed by atoms with Crippen LogP contribution in [0.4, 0.5) is 0 Å². The number of hydrogen-bond acceptors (Lipinski definition) is 1. The van der Waals surface area contributed by atoms with Crippen LogP contribution in [0.2, 0.25) is 0 Å². The summed E-state index contributed by atoms with van der Waals surface area (Å²) in [7, 11) is 3.53. The molecule has 1 N–H and O–H groups in total. The summed E-state index contributed by atoms with van der Waals surface area (Å²) in [5, 5.41) is 2.55. The normalized spacial score (nSPS) is 8.50. The quantitative estimate of drug-likeness (QED) is 0.428. The van der Waals surface area contributed by atoms with E-state index in [1.807, 2.05) is 24.0 Å². The van der Waals surface area contributed by atoms with E-state index in [-0.39, 0.29) is 29.9 Å². The molecule has 1 aromatic rings. The van der Waals surface area contributed by atoms with E-state index in [0.29, 0.717) is 5.56 Å². The zero-order chi connectivity index (χ0) is 8.27. The molecular weight excluding hydrogens is 267 g/mol. The third-order valence-corrected chi connectivity index (χ3v) is 1.47. The first-order valence-corrected chi connectivity index (χ1v) is 3.41. The lowest BCUT2D eigenvalue weighted by Crippen LogP contribution is -3.00. The second-order valence-electron chi connectivity index (χ2n) is 2.33. The van der Waals surface area contributed by atoms with Gasteiger partial charge in [-0.3, -0.25) is 4.79 Å². The number of aromatic nitrogens is 1. The van der Waals surface area contributed by atoms with Crippen LogP contribution in [0.3, 0.4) is 0 Å². The third kappa shape index (κ3) is 2.77. The van der Waals surface area contributed by atoms with Crippen LogP contribution in [-0.4, -0.2) is 13.0 Å². The number of pyridine rings is 1. The molecule has 0 radical (unpaired) electrons. The van der Waals surface area contributed by atoms with Gasteiger partial charge in [-0.25, -0.2) is 4.57 Å². The van der Waals surface area contributed by atoms with Crippen molar-refractivity contribution >= 4 is 5.91 Å². The van der Waals surface area contributed by atoms with Crippen molar-refractivity contribution in [3.8, 4) is 0 Å². The molecule has 0 atom stereocenters. The Hall–Kier alpha value is -0.650. The molecule has 1 heterocycles. The van der Waals surface area contributed by atoms with Gasteiger partial charge in [0.2, 0.25) is 0 Å². The summed E-state index contributed by atoms with van der Waals surface area (Å²) in [6.07, 6.45) is 3.68. The molecule has 0 bridgehead atoms. The fraction of sp³-hybridized carbons (Fsp3) is 0.250. The van der Waals surface area contributed by atoms with Gasteiger partial charge in [-0.05, 0) is 0 Å². The van der Waals surface area contributed by atoms with E-state index in [1.54, 1.807) is 19.2 Å². The van der Waals surface area contributed by atoms with E-state index in [2.05, 4.69) is 5.32 Å². The van der Waals surface area contributed by atoms with Crippen LogP contribution >= 0.6 is 0 Å². The number of hydrogen-bond donors (Lipinski definition) is 1. The standard InChI is InChI=1S/C8H10N2O.HI/c1-9-8(11)7-3-5-10(2)6-4-7;/h3-6H,1-2H3;1H. The second kappa shape index (κ2) is 5.08. The zero-order valence-corrected chi connectivity index (χ0v) is 9.20. The van der Waals surface area contributed by atoms with E-state index in [9.17, 15) is 4.79 Å². The number of carbonyl (C=O) groups is 1. The lowest BCUT2D eigenvalue weighted by molar-refractivity contribution is -0.671. The summed E-state index contributed by atoms with van der Waals surface area (Å²) in [6.45, 7) is 0. The Morgan fingerprint density at radius 3 is 2.33 bits per heavy atom. The molecule has 0 aromatic carbocycles. The molecular formula is C8H11IN2O. The second-order valence-corrected chi connectivity index (χ2v) is 2.33. The zero-order valence-electron chi connectivity index (χ0n) is 7.04.